The first-order chi connectivity index (χ1) is 18.7. The van der Waals surface area contributed by atoms with Crippen LogP contribution in [0.2, 0.25) is 0 Å². The molecule has 9 nitrogen and oxygen atoms in total. The maximum atomic E-state index is 13.3. The first-order valence-corrected chi connectivity index (χ1v) is 13.1. The number of hydrogen-bond donors (Lipinski definition) is 1. The van der Waals surface area contributed by atoms with E-state index in [1.165, 1.54) is 4.90 Å². The highest BCUT2D eigenvalue weighted by Crippen LogP contribution is 2.35. The molecule has 9 heteroatoms. The van der Waals surface area contributed by atoms with Gasteiger partial charge in [0.25, 0.3) is 17.7 Å². The van der Waals surface area contributed by atoms with Gasteiger partial charge in [0.05, 0.1) is 17.8 Å². The molecule has 0 spiro atoms. The molecule has 2 aliphatic rings. The number of nitrogens with one attached hydrogen (secondary N) is 1. The minimum Gasteiger partial charge on any atom is -0.381 e. The molecule has 202 valence electrons. The van der Waals surface area contributed by atoms with Gasteiger partial charge in [-0.3, -0.25) is 24.0 Å². The molecular formula is C30H33N5O4. The monoisotopic (exact) mass is 527 g/mol. The Balaban J connectivity index is 1.31. The number of carbonyl (C=O) groups is 3. The van der Waals surface area contributed by atoms with Crippen LogP contribution in [0.4, 0.5) is 0 Å². The third kappa shape index (κ3) is 4.97. The van der Waals surface area contributed by atoms with Crippen molar-refractivity contribution in [3.63, 3.8) is 0 Å². The summed E-state index contributed by atoms with van der Waals surface area (Å²) in [6, 6.07) is 11.9. The van der Waals surface area contributed by atoms with E-state index in [-0.39, 0.29) is 41.8 Å². The summed E-state index contributed by atoms with van der Waals surface area (Å²) in [5, 5.41) is 8.17. The molecule has 3 heterocycles. The molecule has 39 heavy (non-hydrogen) atoms. The highest BCUT2D eigenvalue weighted by molar-refractivity contribution is 6.08. The predicted molar refractivity (Wildman–Crippen MR) is 148 cm³/mol. The van der Waals surface area contributed by atoms with Crippen LogP contribution in [0.5, 0.6) is 0 Å². The quantitative estimate of drug-likeness (QED) is 0.468. The summed E-state index contributed by atoms with van der Waals surface area (Å²) in [7, 11) is 1.69. The van der Waals surface area contributed by atoms with Crippen LogP contribution in [-0.4, -0.2) is 63.6 Å². The van der Waals surface area contributed by atoms with Gasteiger partial charge in [-0.2, -0.15) is 5.10 Å². The standard InChI is InChI=1S/C30H33N5O4/c1-18(2)35-16-22-15-21(9-10-27(22)32-35)24-7-6-8-25-26(24)17-34(30(25)38)20(4)28(36)31-19(3)29(37)33(5)23-11-13-39-14-12-23/h6-10,15-16,18,23H,3-4,11-14,17H2,1-2,5H3,(H,31,36). The lowest BCUT2D eigenvalue weighted by Gasteiger charge is -2.31. The summed E-state index contributed by atoms with van der Waals surface area (Å²) in [6.45, 7) is 13.2. The number of hydrogen-bond acceptors (Lipinski definition) is 5. The largest absolute Gasteiger partial charge is 0.381 e. The first-order valence-electron chi connectivity index (χ1n) is 13.1. The lowest BCUT2D eigenvalue weighted by atomic mass is 9.96. The van der Waals surface area contributed by atoms with E-state index in [9.17, 15) is 14.4 Å². The summed E-state index contributed by atoms with van der Waals surface area (Å²) in [5.74, 6) is -1.33. The van der Waals surface area contributed by atoms with E-state index in [1.54, 1.807) is 18.0 Å². The van der Waals surface area contributed by atoms with Crippen molar-refractivity contribution in [1.82, 2.24) is 24.9 Å². The summed E-state index contributed by atoms with van der Waals surface area (Å²) >= 11 is 0. The second kappa shape index (κ2) is 10.5. The van der Waals surface area contributed by atoms with Crippen LogP contribution in [0.15, 0.2) is 67.1 Å². The number of amides is 3. The number of carbonyl (C=O) groups excluding carboxylic acids is 3. The smallest absolute Gasteiger partial charge is 0.271 e. The molecule has 0 bridgehead atoms. The zero-order chi connectivity index (χ0) is 27.8. The first kappa shape index (κ1) is 26.4. The molecule has 3 aromatic rings. The SMILES string of the molecule is C=C(NC(=O)C(=C)N1Cc2c(cccc2-c2ccc3nn(C(C)C)cc3c2)C1=O)C(=O)N(C)C1CCOCC1. The Morgan fingerprint density at radius 1 is 1.13 bits per heavy atom. The van der Waals surface area contributed by atoms with Crippen LogP contribution in [0.25, 0.3) is 22.0 Å². The Hall–Kier alpha value is -4.24. The van der Waals surface area contributed by atoms with Crippen molar-refractivity contribution < 1.29 is 19.1 Å². The molecule has 1 aromatic heterocycles. The Labute approximate surface area is 227 Å². The maximum Gasteiger partial charge on any atom is 0.271 e. The van der Waals surface area contributed by atoms with Crippen molar-refractivity contribution in [3.8, 4) is 11.1 Å². The zero-order valence-electron chi connectivity index (χ0n) is 22.6. The van der Waals surface area contributed by atoms with Crippen LogP contribution in [-0.2, 0) is 20.9 Å². The lowest BCUT2D eigenvalue weighted by molar-refractivity contribution is -0.131. The van der Waals surface area contributed by atoms with E-state index in [1.807, 2.05) is 35.1 Å². The highest BCUT2D eigenvalue weighted by atomic mass is 16.5. The molecule has 3 amide bonds. The molecule has 1 fully saturated rings. The minimum absolute atomic E-state index is 0.0233. The van der Waals surface area contributed by atoms with Gasteiger partial charge in [0.15, 0.2) is 0 Å². The van der Waals surface area contributed by atoms with Gasteiger partial charge >= 0.3 is 0 Å². The molecule has 1 N–H and O–H groups in total. The van der Waals surface area contributed by atoms with Crippen LogP contribution in [0, 0.1) is 0 Å². The van der Waals surface area contributed by atoms with Gasteiger partial charge in [0.1, 0.15) is 5.70 Å². The molecule has 0 unspecified atom stereocenters. The zero-order valence-corrected chi connectivity index (χ0v) is 22.6. The fourth-order valence-corrected chi connectivity index (χ4v) is 5.13. The van der Waals surface area contributed by atoms with E-state index >= 15 is 0 Å². The van der Waals surface area contributed by atoms with Gasteiger partial charge in [-0.05, 0) is 61.6 Å². The van der Waals surface area contributed by atoms with E-state index in [4.69, 9.17) is 4.74 Å². The average Bonchev–Trinajstić information content (AvgIpc) is 3.53. The van der Waals surface area contributed by atoms with Gasteiger partial charge in [-0.25, -0.2) is 0 Å². The van der Waals surface area contributed by atoms with E-state index in [0.717, 1.165) is 40.4 Å². The molecule has 5 rings (SSSR count). The fraction of sp³-hybridized carbons (Fsp3) is 0.333. The number of rotatable bonds is 7. The van der Waals surface area contributed by atoms with Crippen LogP contribution < -0.4 is 5.32 Å². The van der Waals surface area contributed by atoms with Crippen molar-refractivity contribution in [2.45, 2.75) is 45.3 Å². The van der Waals surface area contributed by atoms with Crippen molar-refractivity contribution in [3.05, 3.63) is 78.3 Å². The molecule has 0 atom stereocenters. The third-order valence-corrected chi connectivity index (χ3v) is 7.50. The molecule has 1 saturated heterocycles. The molecule has 2 aromatic carbocycles. The van der Waals surface area contributed by atoms with Gasteiger partial charge < -0.3 is 15.0 Å². The van der Waals surface area contributed by atoms with Crippen molar-refractivity contribution in [1.29, 1.82) is 0 Å². The maximum absolute atomic E-state index is 13.3. The Morgan fingerprint density at radius 2 is 1.85 bits per heavy atom. The van der Waals surface area contributed by atoms with Gasteiger partial charge in [0.2, 0.25) is 0 Å². The molecule has 0 aliphatic carbocycles. The van der Waals surface area contributed by atoms with E-state index in [2.05, 4.69) is 43.5 Å². The lowest BCUT2D eigenvalue weighted by Crippen LogP contribution is -2.44. The second-order valence-electron chi connectivity index (χ2n) is 10.3. The average molecular weight is 528 g/mol. The topological polar surface area (TPSA) is 96.8 Å². The normalized spacial score (nSPS) is 15.5. The van der Waals surface area contributed by atoms with Gasteiger partial charge in [-0.1, -0.05) is 31.4 Å². The number of fused-ring (bicyclic) bond motifs is 2. The number of nitrogens with zero attached hydrogens (tertiary/aromatic N) is 4. The van der Waals surface area contributed by atoms with Gasteiger partial charge in [-0.15, -0.1) is 0 Å². The number of aromatic nitrogens is 2. The van der Waals surface area contributed by atoms with Crippen molar-refractivity contribution >= 4 is 28.6 Å². The fourth-order valence-electron chi connectivity index (χ4n) is 5.13. The summed E-state index contributed by atoms with van der Waals surface area (Å²) in [5.41, 5.74) is 4.01. The number of ether oxygens (including phenoxy) is 1. The van der Waals surface area contributed by atoms with Crippen LogP contribution >= 0.6 is 0 Å². The van der Waals surface area contributed by atoms with Crippen molar-refractivity contribution in [2.75, 3.05) is 20.3 Å². The number of benzene rings is 2. The third-order valence-electron chi connectivity index (χ3n) is 7.50. The Bertz CT molecular complexity index is 1500. The predicted octanol–water partition coefficient (Wildman–Crippen LogP) is 4.02. The second-order valence-corrected chi connectivity index (χ2v) is 10.3. The molecular weight excluding hydrogens is 494 g/mol. The van der Waals surface area contributed by atoms with Gasteiger partial charge in [0, 0.05) is 49.5 Å². The highest BCUT2D eigenvalue weighted by Gasteiger charge is 2.34. The van der Waals surface area contributed by atoms with Crippen LogP contribution in [0.1, 0.15) is 48.7 Å². The van der Waals surface area contributed by atoms with Crippen LogP contribution in [0.3, 0.4) is 0 Å². The molecule has 0 radical (unpaired) electrons. The van der Waals surface area contributed by atoms with E-state index in [0.29, 0.717) is 18.8 Å². The molecule has 0 saturated carbocycles. The molecule has 2 aliphatic heterocycles. The Kier molecular flexibility index (Phi) is 7.10. The van der Waals surface area contributed by atoms with E-state index < -0.39 is 5.91 Å². The summed E-state index contributed by atoms with van der Waals surface area (Å²) in [6.07, 6.45) is 3.47. The number of likely N-dealkylation sites (N-methyl/N-ethyl adjacent to an activating group) is 1. The minimum atomic E-state index is -0.640. The summed E-state index contributed by atoms with van der Waals surface area (Å²) < 4.78 is 7.29. The summed E-state index contributed by atoms with van der Waals surface area (Å²) in [4.78, 5) is 42.1. The Morgan fingerprint density at radius 3 is 2.56 bits per heavy atom. The van der Waals surface area contributed by atoms with Crippen molar-refractivity contribution in [2.24, 2.45) is 0 Å².